The van der Waals surface area contributed by atoms with Crippen molar-refractivity contribution in [3.63, 3.8) is 0 Å². The number of nitrogens with one attached hydrogen (secondary N) is 1. The molecule has 0 aliphatic carbocycles. The molecule has 24 heavy (non-hydrogen) atoms. The van der Waals surface area contributed by atoms with Crippen LogP contribution in [0.1, 0.15) is 30.8 Å². The predicted molar refractivity (Wildman–Crippen MR) is 90.5 cm³/mol. The Bertz CT molecular complexity index is 1000. The van der Waals surface area contributed by atoms with Crippen molar-refractivity contribution < 1.29 is 8.42 Å². The van der Waals surface area contributed by atoms with Crippen molar-refractivity contribution in [3.05, 3.63) is 35.3 Å². The van der Waals surface area contributed by atoms with Crippen LogP contribution in [0.5, 0.6) is 0 Å². The zero-order valence-corrected chi connectivity index (χ0v) is 14.9. The highest BCUT2D eigenvalue weighted by molar-refractivity contribution is 7.92. The number of pyridine rings is 1. The van der Waals surface area contributed by atoms with E-state index in [0.717, 1.165) is 5.56 Å². The molecule has 3 aromatic rings. The van der Waals surface area contributed by atoms with E-state index in [1.54, 1.807) is 22.3 Å². The molecule has 0 spiro atoms. The number of rotatable bonds is 5. The quantitative estimate of drug-likeness (QED) is 0.757. The number of hydrogen-bond donors (Lipinski definition) is 1. The van der Waals surface area contributed by atoms with Crippen molar-refractivity contribution in [3.8, 4) is 0 Å². The molecule has 9 heteroatoms. The summed E-state index contributed by atoms with van der Waals surface area (Å²) in [6.07, 6.45) is 2.84. The number of aryl methyl sites for hydroxylation is 3. The standard InChI is InChI=1S/C15H20N6O2S/c1-5-11-14(12(6-2)20(4)18-11)24(22,23)19-15-17-16-13-9-10(3)7-8-21(13)15/h7-9H,5-6H2,1-4H3,(H,17,19). The highest BCUT2D eigenvalue weighted by Crippen LogP contribution is 2.24. The lowest BCUT2D eigenvalue weighted by Crippen LogP contribution is -2.18. The van der Waals surface area contributed by atoms with Crippen LogP contribution in [0.4, 0.5) is 5.95 Å². The number of nitrogens with zero attached hydrogens (tertiary/aromatic N) is 5. The highest BCUT2D eigenvalue weighted by atomic mass is 32.2. The molecule has 3 rings (SSSR count). The van der Waals surface area contributed by atoms with Crippen molar-refractivity contribution in [1.82, 2.24) is 24.4 Å². The van der Waals surface area contributed by atoms with E-state index in [1.165, 1.54) is 0 Å². The minimum Gasteiger partial charge on any atom is -0.271 e. The summed E-state index contributed by atoms with van der Waals surface area (Å²) in [7, 11) is -2.05. The van der Waals surface area contributed by atoms with Gasteiger partial charge in [-0.05, 0) is 37.5 Å². The van der Waals surface area contributed by atoms with Crippen LogP contribution in [-0.2, 0) is 29.9 Å². The number of fused-ring (bicyclic) bond motifs is 1. The first-order chi connectivity index (χ1) is 11.4. The molecular formula is C15H20N6O2S. The van der Waals surface area contributed by atoms with Gasteiger partial charge in [-0.25, -0.2) is 13.1 Å². The normalized spacial score (nSPS) is 12.0. The fraction of sp³-hybridized carbons (Fsp3) is 0.400. The van der Waals surface area contributed by atoms with E-state index in [-0.39, 0.29) is 10.8 Å². The molecule has 3 heterocycles. The summed E-state index contributed by atoms with van der Waals surface area (Å²) < 4.78 is 31.7. The minimum absolute atomic E-state index is 0.165. The number of anilines is 1. The molecule has 0 aliphatic rings. The first-order valence-electron chi connectivity index (χ1n) is 7.76. The third-order valence-electron chi connectivity index (χ3n) is 3.92. The summed E-state index contributed by atoms with van der Waals surface area (Å²) in [6, 6.07) is 3.71. The van der Waals surface area contributed by atoms with Gasteiger partial charge in [-0.3, -0.25) is 9.08 Å². The molecule has 0 fully saturated rings. The van der Waals surface area contributed by atoms with E-state index in [9.17, 15) is 8.42 Å². The Morgan fingerprint density at radius 1 is 1.21 bits per heavy atom. The Hall–Kier alpha value is -2.42. The molecule has 8 nitrogen and oxygen atoms in total. The maximum absolute atomic E-state index is 12.9. The Labute approximate surface area is 140 Å². The van der Waals surface area contributed by atoms with Gasteiger partial charge in [-0.2, -0.15) is 5.10 Å². The van der Waals surface area contributed by atoms with E-state index in [1.807, 2.05) is 32.9 Å². The lowest BCUT2D eigenvalue weighted by Gasteiger charge is -2.08. The van der Waals surface area contributed by atoms with Crippen LogP contribution in [0.2, 0.25) is 0 Å². The van der Waals surface area contributed by atoms with E-state index in [4.69, 9.17) is 0 Å². The molecule has 0 aliphatic heterocycles. The molecule has 0 aromatic carbocycles. The van der Waals surface area contributed by atoms with E-state index in [0.29, 0.717) is 29.9 Å². The summed E-state index contributed by atoms with van der Waals surface area (Å²) in [4.78, 5) is 0.235. The van der Waals surface area contributed by atoms with Crippen LogP contribution >= 0.6 is 0 Å². The third kappa shape index (κ3) is 2.64. The SMILES string of the molecule is CCc1nn(C)c(CC)c1S(=O)(=O)Nc1nnc2cc(C)ccn12. The molecule has 0 amide bonds. The van der Waals surface area contributed by atoms with Gasteiger partial charge in [0.2, 0.25) is 5.95 Å². The molecule has 1 N–H and O–H groups in total. The number of hydrogen-bond acceptors (Lipinski definition) is 5. The maximum atomic E-state index is 12.9. The number of sulfonamides is 1. The van der Waals surface area contributed by atoms with Gasteiger partial charge in [0, 0.05) is 13.2 Å². The zero-order chi connectivity index (χ0) is 17.5. The second-order valence-corrected chi connectivity index (χ2v) is 7.23. The fourth-order valence-corrected chi connectivity index (χ4v) is 4.33. The summed E-state index contributed by atoms with van der Waals surface area (Å²) in [5.74, 6) is 0.165. The van der Waals surface area contributed by atoms with Crippen LogP contribution in [0.3, 0.4) is 0 Å². The zero-order valence-electron chi connectivity index (χ0n) is 14.1. The maximum Gasteiger partial charge on any atom is 0.267 e. The minimum atomic E-state index is -3.81. The van der Waals surface area contributed by atoms with E-state index < -0.39 is 10.0 Å². The first kappa shape index (κ1) is 16.4. The van der Waals surface area contributed by atoms with Gasteiger partial charge < -0.3 is 0 Å². The van der Waals surface area contributed by atoms with Crippen molar-refractivity contribution in [2.24, 2.45) is 7.05 Å². The van der Waals surface area contributed by atoms with Gasteiger partial charge in [0.1, 0.15) is 4.90 Å². The average molecular weight is 348 g/mol. The fourth-order valence-electron chi connectivity index (χ4n) is 2.76. The van der Waals surface area contributed by atoms with E-state index >= 15 is 0 Å². The predicted octanol–water partition coefficient (Wildman–Crippen LogP) is 1.70. The Morgan fingerprint density at radius 2 is 1.96 bits per heavy atom. The van der Waals surface area contributed by atoms with Crippen LogP contribution < -0.4 is 4.72 Å². The van der Waals surface area contributed by atoms with Crippen LogP contribution in [0.25, 0.3) is 5.65 Å². The van der Waals surface area contributed by atoms with Crippen molar-refractivity contribution in [1.29, 1.82) is 0 Å². The lowest BCUT2D eigenvalue weighted by molar-refractivity contribution is 0.598. The summed E-state index contributed by atoms with van der Waals surface area (Å²) in [5.41, 5.74) is 2.83. The molecule has 0 radical (unpaired) electrons. The molecular weight excluding hydrogens is 328 g/mol. The second-order valence-electron chi connectivity index (χ2n) is 5.61. The van der Waals surface area contributed by atoms with Gasteiger partial charge >= 0.3 is 0 Å². The summed E-state index contributed by atoms with van der Waals surface area (Å²) in [6.45, 7) is 5.73. The summed E-state index contributed by atoms with van der Waals surface area (Å²) in [5, 5.41) is 12.3. The van der Waals surface area contributed by atoms with Gasteiger partial charge in [0.05, 0.1) is 11.4 Å². The molecule has 3 aromatic heterocycles. The Balaban J connectivity index is 2.08. The first-order valence-corrected chi connectivity index (χ1v) is 9.24. The topological polar surface area (TPSA) is 94.2 Å². The summed E-state index contributed by atoms with van der Waals surface area (Å²) >= 11 is 0. The van der Waals surface area contributed by atoms with Crippen molar-refractivity contribution in [2.75, 3.05) is 4.72 Å². The molecule has 0 saturated heterocycles. The average Bonchev–Trinajstić information content (AvgIpc) is 3.07. The van der Waals surface area contributed by atoms with Gasteiger partial charge in [-0.15, -0.1) is 10.2 Å². The smallest absolute Gasteiger partial charge is 0.267 e. The number of aromatic nitrogens is 5. The largest absolute Gasteiger partial charge is 0.271 e. The third-order valence-corrected chi connectivity index (χ3v) is 5.38. The van der Waals surface area contributed by atoms with Crippen molar-refractivity contribution >= 4 is 21.6 Å². The van der Waals surface area contributed by atoms with E-state index in [2.05, 4.69) is 20.0 Å². The Kier molecular flexibility index (Phi) is 4.04. The van der Waals surface area contributed by atoms with Crippen LogP contribution in [0.15, 0.2) is 23.2 Å². The van der Waals surface area contributed by atoms with Gasteiger partial charge in [0.15, 0.2) is 5.65 Å². The van der Waals surface area contributed by atoms with Crippen LogP contribution in [0, 0.1) is 6.92 Å². The van der Waals surface area contributed by atoms with Gasteiger partial charge in [-0.1, -0.05) is 13.8 Å². The second kappa shape index (κ2) is 5.90. The highest BCUT2D eigenvalue weighted by Gasteiger charge is 2.27. The molecule has 0 atom stereocenters. The molecule has 0 saturated carbocycles. The molecule has 128 valence electrons. The monoisotopic (exact) mass is 348 g/mol. The molecule has 0 unspecified atom stereocenters. The Morgan fingerprint density at radius 3 is 2.62 bits per heavy atom. The van der Waals surface area contributed by atoms with Gasteiger partial charge in [0.25, 0.3) is 10.0 Å². The molecule has 0 bridgehead atoms. The lowest BCUT2D eigenvalue weighted by atomic mass is 10.2. The van der Waals surface area contributed by atoms with Crippen molar-refractivity contribution in [2.45, 2.75) is 38.5 Å². The van der Waals surface area contributed by atoms with Crippen LogP contribution in [-0.4, -0.2) is 32.8 Å².